The van der Waals surface area contributed by atoms with Gasteiger partial charge in [-0.3, -0.25) is 9.69 Å². The van der Waals surface area contributed by atoms with Gasteiger partial charge in [-0.1, -0.05) is 23.7 Å². The Morgan fingerprint density at radius 3 is 2.96 bits per heavy atom. The number of carboxylic acid groups (broad SMARTS) is 1. The third-order valence-electron chi connectivity index (χ3n) is 4.57. The topological polar surface area (TPSA) is 71.2 Å². The highest BCUT2D eigenvalue weighted by atomic mass is 35.5. The van der Waals surface area contributed by atoms with Crippen molar-refractivity contribution in [3.8, 4) is 10.4 Å². The maximum absolute atomic E-state index is 11.8. The molecule has 0 amide bonds. The number of nitrogens with zero attached hydrogens (tertiary/aromatic N) is 4. The van der Waals surface area contributed by atoms with E-state index in [9.17, 15) is 9.90 Å². The van der Waals surface area contributed by atoms with E-state index in [0.717, 1.165) is 27.0 Å². The summed E-state index contributed by atoms with van der Waals surface area (Å²) in [5, 5.41) is 18.6. The van der Waals surface area contributed by atoms with Crippen LogP contribution in [0.5, 0.6) is 0 Å². The normalized spacial score (nSPS) is 17.2. The molecule has 6 nitrogen and oxygen atoms in total. The minimum absolute atomic E-state index is 0.371. The zero-order chi connectivity index (χ0) is 18.3. The van der Waals surface area contributed by atoms with E-state index >= 15 is 0 Å². The fourth-order valence-corrected chi connectivity index (χ4v) is 4.44. The molecule has 0 saturated heterocycles. The molecule has 1 aliphatic heterocycles. The number of rotatable bonds is 4. The maximum atomic E-state index is 11.8. The lowest BCUT2D eigenvalue weighted by Gasteiger charge is -2.33. The Morgan fingerprint density at radius 2 is 2.19 bits per heavy atom. The summed E-state index contributed by atoms with van der Waals surface area (Å²) in [6, 6.07) is 11.2. The minimum atomic E-state index is -0.824. The molecule has 1 aromatic carbocycles. The maximum Gasteiger partial charge on any atom is 0.322 e. The van der Waals surface area contributed by atoms with Crippen molar-refractivity contribution in [3.05, 3.63) is 57.9 Å². The van der Waals surface area contributed by atoms with E-state index in [-0.39, 0.29) is 0 Å². The first-order valence-electron chi connectivity index (χ1n) is 8.21. The lowest BCUT2D eigenvalue weighted by Crippen LogP contribution is -2.47. The molecular formula is C18H17ClN4O2S. The summed E-state index contributed by atoms with van der Waals surface area (Å²) in [6.07, 6.45) is 0. The SMILES string of the molecule is Cc1nnc2n1CC(C(=O)O)N(Cc1ccc(-c3cccc(Cl)c3)s1)C2. The number of aromatic nitrogens is 3. The van der Waals surface area contributed by atoms with Gasteiger partial charge in [-0.05, 0) is 36.8 Å². The highest BCUT2D eigenvalue weighted by molar-refractivity contribution is 7.15. The van der Waals surface area contributed by atoms with Crippen molar-refractivity contribution in [1.82, 2.24) is 19.7 Å². The summed E-state index contributed by atoms with van der Waals surface area (Å²) < 4.78 is 1.89. The fraction of sp³-hybridized carbons (Fsp3) is 0.278. The third-order valence-corrected chi connectivity index (χ3v) is 5.92. The molecule has 0 fully saturated rings. The first-order chi connectivity index (χ1) is 12.5. The summed E-state index contributed by atoms with van der Waals surface area (Å²) in [5.74, 6) is 0.743. The van der Waals surface area contributed by atoms with Gasteiger partial charge in [-0.2, -0.15) is 0 Å². The van der Waals surface area contributed by atoms with Crippen LogP contribution in [0.3, 0.4) is 0 Å². The lowest BCUT2D eigenvalue weighted by molar-refractivity contribution is -0.145. The van der Waals surface area contributed by atoms with E-state index in [1.165, 1.54) is 0 Å². The monoisotopic (exact) mass is 388 g/mol. The molecule has 134 valence electrons. The van der Waals surface area contributed by atoms with Crippen molar-refractivity contribution in [1.29, 1.82) is 0 Å². The van der Waals surface area contributed by atoms with Crippen LogP contribution in [0.4, 0.5) is 0 Å². The van der Waals surface area contributed by atoms with E-state index in [1.54, 1.807) is 11.3 Å². The van der Waals surface area contributed by atoms with Crippen LogP contribution >= 0.6 is 22.9 Å². The largest absolute Gasteiger partial charge is 0.480 e. The molecule has 0 bridgehead atoms. The van der Waals surface area contributed by atoms with Crippen molar-refractivity contribution in [2.45, 2.75) is 32.6 Å². The predicted molar refractivity (Wildman–Crippen MR) is 100 cm³/mol. The Kier molecular flexibility index (Phi) is 4.52. The molecule has 3 heterocycles. The van der Waals surface area contributed by atoms with E-state index < -0.39 is 12.0 Å². The van der Waals surface area contributed by atoms with E-state index in [1.807, 2.05) is 46.7 Å². The fourth-order valence-electron chi connectivity index (χ4n) is 3.22. The van der Waals surface area contributed by atoms with Gasteiger partial charge in [0.15, 0.2) is 0 Å². The van der Waals surface area contributed by atoms with E-state index in [4.69, 9.17) is 11.6 Å². The molecule has 0 saturated carbocycles. The summed E-state index contributed by atoms with van der Waals surface area (Å²) in [7, 11) is 0. The molecule has 4 rings (SSSR count). The summed E-state index contributed by atoms with van der Waals surface area (Å²) in [4.78, 5) is 15.9. The number of hydrogen-bond donors (Lipinski definition) is 1. The van der Waals surface area contributed by atoms with Gasteiger partial charge in [0.05, 0.1) is 13.1 Å². The second-order valence-corrected chi connectivity index (χ2v) is 7.91. The average Bonchev–Trinajstić information content (AvgIpc) is 3.21. The van der Waals surface area contributed by atoms with Gasteiger partial charge in [0.1, 0.15) is 17.7 Å². The van der Waals surface area contributed by atoms with Gasteiger partial charge in [0, 0.05) is 21.3 Å². The molecule has 1 atom stereocenters. The second-order valence-electron chi connectivity index (χ2n) is 6.31. The van der Waals surface area contributed by atoms with E-state index in [0.29, 0.717) is 24.7 Å². The number of carboxylic acids is 1. The van der Waals surface area contributed by atoms with E-state index in [2.05, 4.69) is 16.3 Å². The molecule has 8 heteroatoms. The number of halogens is 1. The molecule has 0 spiro atoms. The Balaban J connectivity index is 1.57. The third kappa shape index (κ3) is 3.25. The minimum Gasteiger partial charge on any atom is -0.480 e. The molecule has 2 aromatic heterocycles. The van der Waals surface area contributed by atoms with Crippen LogP contribution in [0, 0.1) is 6.92 Å². The Labute approximate surface area is 159 Å². The van der Waals surface area contributed by atoms with Crippen LogP contribution in [-0.4, -0.2) is 36.8 Å². The van der Waals surface area contributed by atoms with Crippen LogP contribution in [-0.2, 0) is 24.4 Å². The molecule has 1 unspecified atom stereocenters. The molecule has 26 heavy (non-hydrogen) atoms. The van der Waals surface area contributed by atoms with Crippen molar-refractivity contribution in [2.75, 3.05) is 0 Å². The highest BCUT2D eigenvalue weighted by Gasteiger charge is 2.33. The summed E-state index contributed by atoms with van der Waals surface area (Å²) in [6.45, 7) is 3.26. The van der Waals surface area contributed by atoms with Crippen molar-refractivity contribution >= 4 is 28.9 Å². The predicted octanol–water partition coefficient (Wildman–Crippen LogP) is 3.44. The highest BCUT2D eigenvalue weighted by Crippen LogP contribution is 2.31. The number of thiophene rings is 1. The van der Waals surface area contributed by atoms with Crippen LogP contribution in [0.1, 0.15) is 16.5 Å². The standard InChI is InChI=1S/C18H17ClN4O2S/c1-11-20-21-17-10-22(15(18(24)25)9-23(11)17)8-14-5-6-16(26-14)12-3-2-4-13(19)7-12/h2-7,15H,8-10H2,1H3,(H,24,25). The Hall–Kier alpha value is -2.22. The molecule has 0 radical (unpaired) electrons. The number of aryl methyl sites for hydroxylation is 1. The second kappa shape index (κ2) is 6.83. The first-order valence-corrected chi connectivity index (χ1v) is 9.41. The summed E-state index contributed by atoms with van der Waals surface area (Å²) in [5.41, 5.74) is 1.07. The summed E-state index contributed by atoms with van der Waals surface area (Å²) >= 11 is 7.73. The van der Waals surface area contributed by atoms with Gasteiger partial charge in [-0.25, -0.2) is 0 Å². The van der Waals surface area contributed by atoms with Crippen molar-refractivity contribution in [3.63, 3.8) is 0 Å². The Bertz CT molecular complexity index is 968. The number of fused-ring (bicyclic) bond motifs is 1. The van der Waals surface area contributed by atoms with Gasteiger partial charge in [0.2, 0.25) is 0 Å². The molecular weight excluding hydrogens is 372 g/mol. The zero-order valence-electron chi connectivity index (χ0n) is 14.1. The first kappa shape index (κ1) is 17.2. The van der Waals surface area contributed by atoms with Crippen LogP contribution < -0.4 is 0 Å². The number of benzene rings is 1. The number of carbonyl (C=O) groups is 1. The molecule has 3 aromatic rings. The molecule has 1 N–H and O–H groups in total. The number of aliphatic carboxylic acids is 1. The molecule has 1 aliphatic rings. The van der Waals surface area contributed by atoms with Gasteiger partial charge in [0.25, 0.3) is 0 Å². The van der Waals surface area contributed by atoms with Gasteiger partial charge < -0.3 is 9.67 Å². The van der Waals surface area contributed by atoms with Gasteiger partial charge in [-0.15, -0.1) is 21.5 Å². The zero-order valence-corrected chi connectivity index (χ0v) is 15.7. The smallest absolute Gasteiger partial charge is 0.322 e. The van der Waals surface area contributed by atoms with Crippen molar-refractivity contribution < 1.29 is 9.90 Å². The van der Waals surface area contributed by atoms with Gasteiger partial charge >= 0.3 is 5.97 Å². The van der Waals surface area contributed by atoms with Crippen LogP contribution in [0.25, 0.3) is 10.4 Å². The molecule has 0 aliphatic carbocycles. The van der Waals surface area contributed by atoms with Crippen molar-refractivity contribution in [2.24, 2.45) is 0 Å². The Morgan fingerprint density at radius 1 is 1.35 bits per heavy atom. The number of hydrogen-bond acceptors (Lipinski definition) is 5. The average molecular weight is 389 g/mol. The van der Waals surface area contributed by atoms with Crippen LogP contribution in [0.2, 0.25) is 5.02 Å². The lowest BCUT2D eigenvalue weighted by atomic mass is 10.1. The van der Waals surface area contributed by atoms with Crippen LogP contribution in [0.15, 0.2) is 36.4 Å². The quantitative estimate of drug-likeness (QED) is 0.741.